The van der Waals surface area contributed by atoms with Crippen LogP contribution in [0.2, 0.25) is 0 Å². The predicted molar refractivity (Wildman–Crippen MR) is 70.2 cm³/mol. The largest absolute Gasteiger partial charge is 0.741 e. The fraction of sp³-hybridized carbons (Fsp3) is 0.667. The van der Waals surface area contributed by atoms with E-state index in [1.165, 1.54) is 0 Å². The highest BCUT2D eigenvalue weighted by Crippen LogP contribution is 2.20. The summed E-state index contributed by atoms with van der Waals surface area (Å²) in [4.78, 5) is 0. The van der Waals surface area contributed by atoms with Gasteiger partial charge in [-0.05, 0) is 12.8 Å². The zero-order chi connectivity index (χ0) is 17.6. The van der Waals surface area contributed by atoms with Crippen LogP contribution in [0.4, 0.5) is 13.2 Å². The van der Waals surface area contributed by atoms with E-state index in [0.717, 1.165) is 13.0 Å². The van der Waals surface area contributed by atoms with Crippen LogP contribution in [0.3, 0.4) is 0 Å². The van der Waals surface area contributed by atoms with Gasteiger partial charge in [0.15, 0.2) is 10.1 Å². The first-order chi connectivity index (χ1) is 9.72. The smallest absolute Gasteiger partial charge is 0.485 e. The lowest BCUT2D eigenvalue weighted by atomic mass is 10.3. The van der Waals surface area contributed by atoms with Gasteiger partial charge in [0.25, 0.3) is 0 Å². The summed E-state index contributed by atoms with van der Waals surface area (Å²) in [5, 5.41) is 0. The number of alkyl halides is 3. The fourth-order valence-electron chi connectivity index (χ4n) is 1.20. The lowest BCUT2D eigenvalue weighted by Gasteiger charge is -2.08. The summed E-state index contributed by atoms with van der Waals surface area (Å²) in [7, 11) is -2.38. The van der Waals surface area contributed by atoms with Gasteiger partial charge in [-0.15, -0.1) is 0 Å². The molecule has 0 fully saturated rings. The lowest BCUT2D eigenvalue weighted by Crippen LogP contribution is -2.23. The van der Waals surface area contributed by atoms with Gasteiger partial charge >= 0.3 is 5.51 Å². The molecule has 0 aliphatic heterocycles. The van der Waals surface area contributed by atoms with Crippen LogP contribution in [-0.2, 0) is 32.8 Å². The zero-order valence-electron chi connectivity index (χ0n) is 11.3. The maximum Gasteiger partial charge on any atom is 0.485 e. The van der Waals surface area contributed by atoms with Crippen molar-refractivity contribution in [3.63, 3.8) is 0 Å². The van der Waals surface area contributed by atoms with Crippen LogP contribution in [0.15, 0.2) is 18.7 Å². The predicted octanol–water partition coefficient (Wildman–Crippen LogP) is 0.713. The first kappa shape index (κ1) is 21.1. The highest BCUT2D eigenvalue weighted by molar-refractivity contribution is 8.13. The van der Waals surface area contributed by atoms with E-state index >= 15 is 0 Å². The maximum absolute atomic E-state index is 10.7. The second kappa shape index (κ2) is 8.13. The van der Waals surface area contributed by atoms with Crippen LogP contribution in [0, 0.1) is 0 Å². The van der Waals surface area contributed by atoms with E-state index in [9.17, 15) is 21.6 Å². The van der Waals surface area contributed by atoms with E-state index < -0.39 is 24.7 Å². The standard InChI is InChI=1S/C8H14ClN2O2S.CHF3O3S/c1-10-5-6-11(8-10)4-2-3-7-14(9,12)13;2-1(3,4)8(5,6)7/h5-6,8H,2-4,7H2,1H3;(H,5,6,7)/q+1;/p-1. The normalized spacial score (nSPS) is 12.6. The summed E-state index contributed by atoms with van der Waals surface area (Å²) in [6.07, 6.45) is 7.27. The molecule has 1 aromatic rings. The molecule has 0 atom stereocenters. The Bertz CT molecular complexity index is 670. The van der Waals surface area contributed by atoms with E-state index in [-0.39, 0.29) is 5.75 Å². The van der Waals surface area contributed by atoms with E-state index in [1.54, 1.807) is 0 Å². The molecule has 0 bridgehead atoms. The Balaban J connectivity index is 0.000000472. The van der Waals surface area contributed by atoms with E-state index in [4.69, 9.17) is 23.7 Å². The van der Waals surface area contributed by atoms with Crippen molar-refractivity contribution in [2.45, 2.75) is 24.9 Å². The average molecular weight is 387 g/mol. The molecule has 0 spiro atoms. The van der Waals surface area contributed by atoms with Gasteiger partial charge in [-0.25, -0.2) is 26.0 Å². The molecule has 0 radical (unpaired) electrons. The highest BCUT2D eigenvalue weighted by atomic mass is 35.7. The number of aryl methyl sites for hydroxylation is 2. The Labute approximate surface area is 130 Å². The first-order valence-corrected chi connectivity index (χ1v) is 9.56. The molecule has 7 nitrogen and oxygen atoms in total. The van der Waals surface area contributed by atoms with Crippen molar-refractivity contribution in [2.24, 2.45) is 7.05 Å². The Morgan fingerprint density at radius 1 is 1.23 bits per heavy atom. The molecule has 0 aliphatic carbocycles. The topological polar surface area (TPSA) is 100 Å². The number of aromatic nitrogens is 2. The molecule has 0 unspecified atom stereocenters. The highest BCUT2D eigenvalue weighted by Gasteiger charge is 2.36. The van der Waals surface area contributed by atoms with Gasteiger partial charge in [0, 0.05) is 10.7 Å². The molecule has 0 amide bonds. The average Bonchev–Trinajstić information content (AvgIpc) is 2.67. The van der Waals surface area contributed by atoms with Crippen LogP contribution in [0.1, 0.15) is 12.8 Å². The van der Waals surface area contributed by atoms with Crippen molar-refractivity contribution in [3.05, 3.63) is 18.7 Å². The van der Waals surface area contributed by atoms with Gasteiger partial charge in [0.1, 0.15) is 12.4 Å². The number of rotatable bonds is 5. The molecule has 13 heteroatoms. The molecule has 130 valence electrons. The third-order valence-electron chi connectivity index (χ3n) is 2.16. The first-order valence-electron chi connectivity index (χ1n) is 5.68. The molecule has 0 saturated heterocycles. The van der Waals surface area contributed by atoms with Crippen molar-refractivity contribution in [2.75, 3.05) is 5.75 Å². The minimum atomic E-state index is -6.09. The molecule has 0 aliphatic rings. The third-order valence-corrected chi connectivity index (χ3v) is 3.97. The maximum atomic E-state index is 10.7. The van der Waals surface area contributed by atoms with E-state index in [0.29, 0.717) is 6.42 Å². The molecule has 0 saturated carbocycles. The zero-order valence-corrected chi connectivity index (χ0v) is 13.7. The van der Waals surface area contributed by atoms with Gasteiger partial charge in [0.05, 0.1) is 19.3 Å². The van der Waals surface area contributed by atoms with Crippen LogP contribution >= 0.6 is 10.7 Å². The summed E-state index contributed by atoms with van der Waals surface area (Å²) in [5.74, 6) is 0.0575. The van der Waals surface area contributed by atoms with E-state index in [1.807, 2.05) is 34.9 Å². The molecule has 1 aromatic heterocycles. The monoisotopic (exact) mass is 386 g/mol. The second-order valence-electron chi connectivity index (χ2n) is 4.17. The van der Waals surface area contributed by atoms with Gasteiger partial charge in [-0.2, -0.15) is 13.2 Å². The summed E-state index contributed by atoms with van der Waals surface area (Å²) in [5.41, 5.74) is -5.65. The molecule has 1 heterocycles. The number of unbranched alkanes of at least 4 members (excludes halogenated alkanes) is 1. The van der Waals surface area contributed by atoms with Crippen molar-refractivity contribution in [3.8, 4) is 0 Å². The minimum absolute atomic E-state index is 0.0575. The van der Waals surface area contributed by atoms with Crippen LogP contribution in [0.25, 0.3) is 0 Å². The summed E-state index contributed by atoms with van der Waals surface area (Å²) >= 11 is 0. The third kappa shape index (κ3) is 9.97. The number of hydrogen-bond donors (Lipinski definition) is 0. The van der Waals surface area contributed by atoms with Crippen molar-refractivity contribution in [1.29, 1.82) is 0 Å². The SMILES string of the molecule is C[n+]1ccn(CCCCS(=O)(=O)Cl)c1.O=S(=O)([O-])C(F)(F)F. The van der Waals surface area contributed by atoms with Gasteiger partial charge in [0.2, 0.25) is 15.4 Å². The van der Waals surface area contributed by atoms with Crippen LogP contribution < -0.4 is 4.57 Å². The van der Waals surface area contributed by atoms with E-state index in [2.05, 4.69) is 0 Å². The number of hydrogen-bond acceptors (Lipinski definition) is 5. The van der Waals surface area contributed by atoms with Crippen molar-refractivity contribution < 1.29 is 39.1 Å². The second-order valence-corrected chi connectivity index (χ2v) is 8.43. The molecule has 0 N–H and O–H groups in total. The van der Waals surface area contributed by atoms with Gasteiger partial charge in [-0.3, -0.25) is 0 Å². The molecule has 1 rings (SSSR count). The number of halogens is 4. The van der Waals surface area contributed by atoms with Crippen molar-refractivity contribution >= 4 is 29.9 Å². The summed E-state index contributed by atoms with van der Waals surface area (Å²) in [6.45, 7) is 0.827. The fourth-order valence-corrected chi connectivity index (χ4v) is 2.08. The quantitative estimate of drug-likeness (QED) is 0.244. The molecule has 22 heavy (non-hydrogen) atoms. The molecule has 0 aromatic carbocycles. The van der Waals surface area contributed by atoms with Gasteiger partial charge < -0.3 is 4.55 Å². The Hall–Kier alpha value is -0.850. The Kier molecular flexibility index (Phi) is 7.81. The van der Waals surface area contributed by atoms with Crippen molar-refractivity contribution in [1.82, 2.24) is 4.57 Å². The Morgan fingerprint density at radius 2 is 1.73 bits per heavy atom. The molecular weight excluding hydrogens is 373 g/mol. The van der Waals surface area contributed by atoms with Gasteiger partial charge in [-0.1, -0.05) is 0 Å². The lowest BCUT2D eigenvalue weighted by molar-refractivity contribution is -0.671. The summed E-state index contributed by atoms with van der Waals surface area (Å²) < 4.78 is 84.1. The Morgan fingerprint density at radius 3 is 2.05 bits per heavy atom. The summed E-state index contributed by atoms with van der Waals surface area (Å²) in [6, 6.07) is 0. The number of nitrogens with zero attached hydrogens (tertiary/aromatic N) is 2. The number of imidazole rings is 1. The minimum Gasteiger partial charge on any atom is -0.741 e. The van der Waals surface area contributed by atoms with Crippen LogP contribution in [0.5, 0.6) is 0 Å². The molecular formula is C9H14ClF3N2O5S2. The van der Waals surface area contributed by atoms with Crippen LogP contribution in [-0.4, -0.2) is 37.2 Å².